The highest BCUT2D eigenvalue weighted by Gasteiger charge is 2.27. The molecule has 0 aromatic carbocycles. The molecular formula is C12H18FN. The second-order valence-corrected chi connectivity index (χ2v) is 4.33. The van der Waals surface area contributed by atoms with Crippen molar-refractivity contribution >= 4 is 0 Å². The quantitative estimate of drug-likeness (QED) is 0.730. The number of halogens is 1. The fourth-order valence-corrected chi connectivity index (χ4v) is 1.89. The molecule has 0 radical (unpaired) electrons. The first-order chi connectivity index (χ1) is 6.72. The van der Waals surface area contributed by atoms with Crippen LogP contribution in [-0.2, 0) is 0 Å². The maximum atomic E-state index is 13.8. The van der Waals surface area contributed by atoms with Gasteiger partial charge in [-0.3, -0.25) is 0 Å². The van der Waals surface area contributed by atoms with Crippen molar-refractivity contribution in [1.82, 2.24) is 5.32 Å². The lowest BCUT2D eigenvalue weighted by Crippen LogP contribution is -2.25. The van der Waals surface area contributed by atoms with Crippen molar-refractivity contribution < 1.29 is 4.39 Å². The van der Waals surface area contributed by atoms with Crippen LogP contribution >= 0.6 is 0 Å². The average Bonchev–Trinajstić information content (AvgIpc) is 2.96. The second-order valence-electron chi connectivity index (χ2n) is 4.33. The molecule has 2 rings (SSSR count). The van der Waals surface area contributed by atoms with E-state index in [1.807, 2.05) is 19.9 Å². The zero-order chi connectivity index (χ0) is 10.1. The summed E-state index contributed by atoms with van der Waals surface area (Å²) < 4.78 is 13.8. The SMILES string of the molecule is CCC1=C(NC2CC2)C=CC(C)C1F. The van der Waals surface area contributed by atoms with Crippen LogP contribution in [0.2, 0.25) is 0 Å². The van der Waals surface area contributed by atoms with E-state index in [2.05, 4.69) is 11.4 Å². The maximum absolute atomic E-state index is 13.8. The van der Waals surface area contributed by atoms with Crippen molar-refractivity contribution in [1.29, 1.82) is 0 Å². The third kappa shape index (κ3) is 1.84. The molecule has 1 nitrogen and oxygen atoms in total. The smallest absolute Gasteiger partial charge is 0.129 e. The highest BCUT2D eigenvalue weighted by molar-refractivity contribution is 5.33. The van der Waals surface area contributed by atoms with Crippen LogP contribution in [-0.4, -0.2) is 12.2 Å². The van der Waals surface area contributed by atoms with Gasteiger partial charge in [-0.15, -0.1) is 0 Å². The third-order valence-corrected chi connectivity index (χ3v) is 3.02. The van der Waals surface area contributed by atoms with Crippen LogP contribution in [0, 0.1) is 5.92 Å². The Morgan fingerprint density at radius 1 is 1.50 bits per heavy atom. The summed E-state index contributed by atoms with van der Waals surface area (Å²) in [5.41, 5.74) is 1.99. The Labute approximate surface area is 85.1 Å². The number of allylic oxidation sites excluding steroid dienone is 3. The first kappa shape index (κ1) is 9.75. The number of hydrogen-bond donors (Lipinski definition) is 1. The molecule has 14 heavy (non-hydrogen) atoms. The van der Waals surface area contributed by atoms with Gasteiger partial charge in [0.2, 0.25) is 0 Å². The van der Waals surface area contributed by atoms with Crippen LogP contribution in [0.3, 0.4) is 0 Å². The third-order valence-electron chi connectivity index (χ3n) is 3.02. The maximum Gasteiger partial charge on any atom is 0.129 e. The molecule has 2 aliphatic carbocycles. The molecule has 0 saturated heterocycles. The van der Waals surface area contributed by atoms with Crippen LogP contribution < -0.4 is 5.32 Å². The summed E-state index contributed by atoms with van der Waals surface area (Å²) in [5, 5.41) is 3.40. The largest absolute Gasteiger partial charge is 0.382 e. The van der Waals surface area contributed by atoms with Crippen LogP contribution in [0.5, 0.6) is 0 Å². The molecule has 0 amide bonds. The van der Waals surface area contributed by atoms with Crippen molar-refractivity contribution in [3.05, 3.63) is 23.4 Å². The fraction of sp³-hybridized carbons (Fsp3) is 0.667. The van der Waals surface area contributed by atoms with Crippen LogP contribution in [0.4, 0.5) is 4.39 Å². The molecule has 0 bridgehead atoms. The predicted molar refractivity (Wildman–Crippen MR) is 56.7 cm³/mol. The molecule has 1 saturated carbocycles. The first-order valence-electron chi connectivity index (χ1n) is 5.54. The molecule has 1 fully saturated rings. The Hall–Kier alpha value is -0.790. The van der Waals surface area contributed by atoms with E-state index in [0.717, 1.165) is 17.7 Å². The molecule has 0 spiro atoms. The average molecular weight is 195 g/mol. The van der Waals surface area contributed by atoms with E-state index in [-0.39, 0.29) is 5.92 Å². The van der Waals surface area contributed by atoms with Gasteiger partial charge in [0.05, 0.1) is 0 Å². The Morgan fingerprint density at radius 2 is 2.21 bits per heavy atom. The van der Waals surface area contributed by atoms with Crippen molar-refractivity contribution in [2.45, 2.75) is 45.3 Å². The van der Waals surface area contributed by atoms with E-state index < -0.39 is 6.17 Å². The minimum Gasteiger partial charge on any atom is -0.382 e. The molecule has 0 aromatic rings. The van der Waals surface area contributed by atoms with Gasteiger partial charge in [-0.05, 0) is 30.9 Å². The molecule has 2 aliphatic rings. The summed E-state index contributed by atoms with van der Waals surface area (Å²) in [6.07, 6.45) is 6.52. The topological polar surface area (TPSA) is 12.0 Å². The fourth-order valence-electron chi connectivity index (χ4n) is 1.89. The molecule has 2 atom stereocenters. The minimum absolute atomic E-state index is 0.0368. The van der Waals surface area contributed by atoms with Gasteiger partial charge in [0, 0.05) is 17.7 Å². The van der Waals surface area contributed by atoms with Crippen LogP contribution in [0.1, 0.15) is 33.1 Å². The summed E-state index contributed by atoms with van der Waals surface area (Å²) in [7, 11) is 0. The van der Waals surface area contributed by atoms with Gasteiger partial charge in [0.1, 0.15) is 6.17 Å². The number of hydrogen-bond acceptors (Lipinski definition) is 1. The summed E-state index contributed by atoms with van der Waals surface area (Å²) in [6, 6.07) is 0.608. The molecule has 78 valence electrons. The summed E-state index contributed by atoms with van der Waals surface area (Å²) in [5.74, 6) is 0.0368. The zero-order valence-electron chi connectivity index (χ0n) is 8.89. The van der Waals surface area contributed by atoms with E-state index >= 15 is 0 Å². The normalized spacial score (nSPS) is 32.2. The highest BCUT2D eigenvalue weighted by Crippen LogP contribution is 2.30. The van der Waals surface area contributed by atoms with E-state index in [4.69, 9.17) is 0 Å². The standard InChI is InChI=1S/C12H18FN/c1-3-10-11(14-9-5-6-9)7-4-8(2)12(10)13/h4,7-9,12,14H,3,5-6H2,1-2H3. The number of rotatable bonds is 3. The lowest BCUT2D eigenvalue weighted by molar-refractivity contribution is 0.307. The molecule has 2 heteroatoms. The first-order valence-corrected chi connectivity index (χ1v) is 5.54. The van der Waals surface area contributed by atoms with Gasteiger partial charge in [-0.2, -0.15) is 0 Å². The monoisotopic (exact) mass is 195 g/mol. The molecular weight excluding hydrogens is 177 g/mol. The van der Waals surface area contributed by atoms with Gasteiger partial charge in [0.25, 0.3) is 0 Å². The molecule has 0 aliphatic heterocycles. The second kappa shape index (κ2) is 3.76. The number of alkyl halides is 1. The van der Waals surface area contributed by atoms with Gasteiger partial charge in [0.15, 0.2) is 0 Å². The van der Waals surface area contributed by atoms with Crippen molar-refractivity contribution in [3.8, 4) is 0 Å². The molecule has 2 unspecified atom stereocenters. The van der Waals surface area contributed by atoms with Gasteiger partial charge >= 0.3 is 0 Å². The van der Waals surface area contributed by atoms with E-state index in [1.165, 1.54) is 12.8 Å². The molecule has 0 heterocycles. The minimum atomic E-state index is -0.786. The Bertz CT molecular complexity index is 276. The number of nitrogens with one attached hydrogen (secondary N) is 1. The van der Waals surface area contributed by atoms with Gasteiger partial charge < -0.3 is 5.32 Å². The predicted octanol–water partition coefficient (Wildman–Crippen LogP) is 2.95. The van der Waals surface area contributed by atoms with Crippen LogP contribution in [0.25, 0.3) is 0 Å². The lowest BCUT2D eigenvalue weighted by atomic mass is 9.90. The van der Waals surface area contributed by atoms with Crippen molar-refractivity contribution in [3.63, 3.8) is 0 Å². The van der Waals surface area contributed by atoms with Gasteiger partial charge in [-0.25, -0.2) is 4.39 Å². The molecule has 0 aromatic heterocycles. The summed E-state index contributed by atoms with van der Waals surface area (Å²) >= 11 is 0. The molecule has 1 N–H and O–H groups in total. The van der Waals surface area contributed by atoms with Crippen molar-refractivity contribution in [2.24, 2.45) is 5.92 Å². The highest BCUT2D eigenvalue weighted by atomic mass is 19.1. The lowest BCUT2D eigenvalue weighted by Gasteiger charge is -2.24. The van der Waals surface area contributed by atoms with Crippen molar-refractivity contribution in [2.75, 3.05) is 0 Å². The van der Waals surface area contributed by atoms with E-state index in [0.29, 0.717) is 6.04 Å². The Balaban J connectivity index is 2.15. The van der Waals surface area contributed by atoms with Crippen LogP contribution in [0.15, 0.2) is 23.4 Å². The van der Waals surface area contributed by atoms with E-state index in [1.54, 1.807) is 0 Å². The Kier molecular flexibility index (Phi) is 2.62. The summed E-state index contributed by atoms with van der Waals surface area (Å²) in [6.45, 7) is 3.97. The summed E-state index contributed by atoms with van der Waals surface area (Å²) in [4.78, 5) is 0. The Morgan fingerprint density at radius 3 is 2.79 bits per heavy atom. The zero-order valence-corrected chi connectivity index (χ0v) is 8.89. The van der Waals surface area contributed by atoms with Gasteiger partial charge in [-0.1, -0.05) is 19.9 Å². The van der Waals surface area contributed by atoms with E-state index in [9.17, 15) is 4.39 Å².